The SMILES string of the molecule is N#Cc1ccc2c(c1)c1ccccc1n2-c1cc(-c2ccc([Si](c3ccccc3)(c3ccccc3)c3ccccc3)cc2)nc(-n2c3ccccc3c3ccc4c(c5ccccc5n4-c4ccccc4)c32)n1. The Labute approximate surface area is 416 Å². The van der Waals surface area contributed by atoms with Gasteiger partial charge in [0.1, 0.15) is 5.82 Å². The zero-order chi connectivity index (χ0) is 47.8. The Morgan fingerprint density at radius 1 is 0.361 bits per heavy atom. The number of fused-ring (bicyclic) bond motifs is 10. The Hall–Kier alpha value is -9.61. The molecule has 0 unspecified atom stereocenters. The first kappa shape index (κ1) is 41.4. The number of hydrogen-bond donors (Lipinski definition) is 0. The molecule has 0 saturated carbocycles. The van der Waals surface area contributed by atoms with Crippen molar-refractivity contribution in [3.8, 4) is 34.8 Å². The first-order valence-corrected chi connectivity index (χ1v) is 26.3. The number of hydrogen-bond acceptors (Lipinski definition) is 3. The van der Waals surface area contributed by atoms with E-state index in [0.29, 0.717) is 11.5 Å². The van der Waals surface area contributed by atoms with Gasteiger partial charge < -0.3 is 4.57 Å². The molecule has 0 amide bonds. The largest absolute Gasteiger partial charge is 0.309 e. The van der Waals surface area contributed by atoms with Crippen LogP contribution in [0, 0.1) is 11.3 Å². The van der Waals surface area contributed by atoms with Crippen molar-refractivity contribution in [1.29, 1.82) is 5.26 Å². The predicted octanol–water partition coefficient (Wildman–Crippen LogP) is 12.7. The van der Waals surface area contributed by atoms with Gasteiger partial charge >= 0.3 is 0 Å². The van der Waals surface area contributed by atoms with Crippen LogP contribution in [0.2, 0.25) is 0 Å². The maximum Gasteiger partial charge on any atom is 0.237 e. The summed E-state index contributed by atoms with van der Waals surface area (Å²) in [4.78, 5) is 11.3. The zero-order valence-electron chi connectivity index (χ0n) is 38.9. The standard InChI is InChI=1S/C65H42N6Si/c66-43-44-33-39-60-55(41-44)52-28-14-16-30-57(52)70(60)62-42-56(45-34-36-50(37-35-45)72(47-21-7-2-8-22-47,48-23-9-3-10-24-48)49-25-11-4-12-26-49)67-65(68-62)71-58-31-17-13-27-51(58)53-38-40-61-63(64(53)71)54-29-15-18-32-59(54)69(61)46-19-5-1-6-20-46/h1-42H. The number of rotatable bonds is 8. The predicted molar refractivity (Wildman–Crippen MR) is 299 cm³/mol. The minimum Gasteiger partial charge on any atom is -0.309 e. The molecule has 72 heavy (non-hydrogen) atoms. The molecule has 0 radical (unpaired) electrons. The highest BCUT2D eigenvalue weighted by molar-refractivity contribution is 7.19. The van der Waals surface area contributed by atoms with Gasteiger partial charge in [-0.25, -0.2) is 4.98 Å². The van der Waals surface area contributed by atoms with Gasteiger partial charge in [0.15, 0.2) is 8.07 Å². The molecule has 0 atom stereocenters. The summed E-state index contributed by atoms with van der Waals surface area (Å²) < 4.78 is 6.89. The molecule has 0 spiro atoms. The molecule has 0 bridgehead atoms. The molecule has 0 aliphatic rings. The van der Waals surface area contributed by atoms with Gasteiger partial charge in [-0.1, -0.05) is 194 Å². The molecule has 14 rings (SSSR count). The lowest BCUT2D eigenvalue weighted by Crippen LogP contribution is -2.74. The molecule has 0 N–H and O–H groups in total. The smallest absolute Gasteiger partial charge is 0.237 e. The third kappa shape index (κ3) is 6.20. The van der Waals surface area contributed by atoms with Crippen LogP contribution >= 0.6 is 0 Å². The zero-order valence-corrected chi connectivity index (χ0v) is 39.9. The molecule has 10 aromatic carbocycles. The lowest BCUT2D eigenvalue weighted by Gasteiger charge is -2.34. The van der Waals surface area contributed by atoms with Crippen LogP contribution in [0.15, 0.2) is 255 Å². The van der Waals surface area contributed by atoms with E-state index in [1.165, 1.54) is 20.7 Å². The lowest BCUT2D eigenvalue weighted by molar-refractivity contribution is 0.953. The molecule has 0 saturated heterocycles. The minimum absolute atomic E-state index is 0.558. The van der Waals surface area contributed by atoms with Gasteiger partial charge in [-0.05, 0) is 75.3 Å². The summed E-state index contributed by atoms with van der Waals surface area (Å²) in [6.07, 6.45) is 0. The Bertz CT molecular complexity index is 4340. The molecule has 6 nitrogen and oxygen atoms in total. The van der Waals surface area contributed by atoms with Crippen LogP contribution in [0.1, 0.15) is 5.56 Å². The highest BCUT2D eigenvalue weighted by Crippen LogP contribution is 2.42. The van der Waals surface area contributed by atoms with E-state index < -0.39 is 8.07 Å². The fourth-order valence-electron chi connectivity index (χ4n) is 11.6. The average Bonchev–Trinajstić information content (AvgIpc) is 4.10. The van der Waals surface area contributed by atoms with Crippen LogP contribution in [-0.2, 0) is 0 Å². The molecular formula is C65H42N6Si. The lowest BCUT2D eigenvalue weighted by atomic mass is 10.1. The van der Waals surface area contributed by atoms with Gasteiger partial charge in [0.05, 0.1) is 50.4 Å². The van der Waals surface area contributed by atoms with Crippen LogP contribution in [0.4, 0.5) is 0 Å². The molecule has 14 aromatic rings. The van der Waals surface area contributed by atoms with Gasteiger partial charge in [0.25, 0.3) is 0 Å². The van der Waals surface area contributed by atoms with Crippen LogP contribution < -0.4 is 20.7 Å². The number of nitriles is 1. The van der Waals surface area contributed by atoms with Crippen LogP contribution in [0.5, 0.6) is 0 Å². The maximum absolute atomic E-state index is 10.1. The van der Waals surface area contributed by atoms with E-state index in [1.54, 1.807) is 0 Å². The first-order chi connectivity index (χ1) is 35.7. The van der Waals surface area contributed by atoms with E-state index in [-0.39, 0.29) is 0 Å². The number of benzene rings is 10. The van der Waals surface area contributed by atoms with Crippen molar-refractivity contribution >= 4 is 94.2 Å². The summed E-state index contributed by atoms with van der Waals surface area (Å²) in [5.41, 5.74) is 9.71. The van der Waals surface area contributed by atoms with Crippen molar-refractivity contribution in [2.24, 2.45) is 0 Å². The Morgan fingerprint density at radius 2 is 0.847 bits per heavy atom. The second-order valence-electron chi connectivity index (χ2n) is 18.4. The van der Waals surface area contributed by atoms with Crippen LogP contribution in [-0.4, -0.2) is 31.7 Å². The second kappa shape index (κ2) is 16.5. The molecule has 7 heteroatoms. The monoisotopic (exact) mass is 934 g/mol. The van der Waals surface area contributed by atoms with Gasteiger partial charge in [0.2, 0.25) is 5.95 Å². The van der Waals surface area contributed by atoms with Crippen molar-refractivity contribution in [1.82, 2.24) is 23.7 Å². The van der Waals surface area contributed by atoms with E-state index in [1.807, 2.05) is 18.2 Å². The summed E-state index contributed by atoms with van der Waals surface area (Å²) >= 11 is 0. The van der Waals surface area contributed by atoms with Gasteiger partial charge in [-0.2, -0.15) is 10.2 Å². The van der Waals surface area contributed by atoms with E-state index >= 15 is 0 Å². The Kier molecular flexibility index (Phi) is 9.49. The molecule has 4 aromatic heterocycles. The number of nitrogens with zero attached hydrogens (tertiary/aromatic N) is 6. The Morgan fingerprint density at radius 3 is 1.46 bits per heavy atom. The minimum atomic E-state index is -2.80. The summed E-state index contributed by atoms with van der Waals surface area (Å²) in [5, 5.41) is 21.9. The number of aromatic nitrogens is 5. The number of para-hydroxylation sites is 4. The Balaban J connectivity index is 1.07. The van der Waals surface area contributed by atoms with Crippen molar-refractivity contribution < 1.29 is 0 Å². The van der Waals surface area contributed by atoms with Crippen molar-refractivity contribution in [3.05, 3.63) is 260 Å². The molecule has 4 heterocycles. The van der Waals surface area contributed by atoms with Gasteiger partial charge in [-0.3, -0.25) is 9.13 Å². The summed E-state index contributed by atoms with van der Waals surface area (Å²) in [5.74, 6) is 1.28. The molecule has 336 valence electrons. The third-order valence-corrected chi connectivity index (χ3v) is 19.4. The fourth-order valence-corrected chi connectivity index (χ4v) is 16.3. The normalized spacial score (nSPS) is 11.9. The molecule has 0 aliphatic carbocycles. The summed E-state index contributed by atoms with van der Waals surface area (Å²) in [6.45, 7) is 0. The van der Waals surface area contributed by atoms with E-state index in [9.17, 15) is 5.26 Å². The van der Waals surface area contributed by atoms with E-state index in [4.69, 9.17) is 9.97 Å². The van der Waals surface area contributed by atoms with Crippen molar-refractivity contribution in [3.63, 3.8) is 0 Å². The molecular weight excluding hydrogens is 893 g/mol. The van der Waals surface area contributed by atoms with E-state index in [0.717, 1.165) is 88.2 Å². The summed E-state index contributed by atoms with van der Waals surface area (Å²) in [6, 6.07) is 93.6. The molecule has 0 fully saturated rings. The van der Waals surface area contributed by atoms with E-state index in [2.05, 4.69) is 256 Å². The van der Waals surface area contributed by atoms with Gasteiger partial charge in [-0.15, -0.1) is 0 Å². The average molecular weight is 935 g/mol. The van der Waals surface area contributed by atoms with Crippen molar-refractivity contribution in [2.45, 2.75) is 0 Å². The van der Waals surface area contributed by atoms with Gasteiger partial charge in [0, 0.05) is 49.6 Å². The summed E-state index contributed by atoms with van der Waals surface area (Å²) in [7, 11) is -2.80. The fraction of sp³-hybridized carbons (Fsp3) is 0. The highest BCUT2D eigenvalue weighted by Gasteiger charge is 2.41. The van der Waals surface area contributed by atoms with Crippen LogP contribution in [0.3, 0.4) is 0 Å². The highest BCUT2D eigenvalue weighted by atomic mass is 28.3. The first-order valence-electron chi connectivity index (χ1n) is 24.3. The van der Waals surface area contributed by atoms with Crippen LogP contribution in [0.25, 0.3) is 94.1 Å². The molecule has 0 aliphatic heterocycles. The second-order valence-corrected chi connectivity index (χ2v) is 22.2. The topological polar surface area (TPSA) is 64.4 Å². The third-order valence-electron chi connectivity index (χ3n) is 14.6. The maximum atomic E-state index is 10.1. The van der Waals surface area contributed by atoms with Crippen molar-refractivity contribution in [2.75, 3.05) is 0 Å². The quantitative estimate of drug-likeness (QED) is 0.113.